The minimum absolute atomic E-state index is 0.106. The van der Waals surface area contributed by atoms with E-state index in [1.807, 2.05) is 43.1 Å². The Kier molecular flexibility index (Phi) is 4.76. The van der Waals surface area contributed by atoms with Gasteiger partial charge in [0.1, 0.15) is 11.6 Å². The van der Waals surface area contributed by atoms with Gasteiger partial charge < -0.3 is 10.6 Å². The summed E-state index contributed by atoms with van der Waals surface area (Å²) in [5.41, 5.74) is 7.57. The minimum Gasteiger partial charge on any atom is -0.384 e. The highest BCUT2D eigenvalue weighted by atomic mass is 16.2. The Morgan fingerprint density at radius 2 is 2.25 bits per heavy atom. The Bertz CT molecular complexity index is 733. The predicted octanol–water partition coefficient (Wildman–Crippen LogP) is 1.71. The molecule has 1 aliphatic heterocycles. The fourth-order valence-corrected chi connectivity index (χ4v) is 3.09. The molecule has 6 nitrogen and oxygen atoms in total. The molecule has 24 heavy (non-hydrogen) atoms. The fraction of sp³-hybridized carbons (Fsp3) is 0.389. The van der Waals surface area contributed by atoms with Crippen molar-refractivity contribution in [2.75, 3.05) is 25.9 Å². The maximum atomic E-state index is 12.6. The zero-order valence-corrected chi connectivity index (χ0v) is 14.1. The number of likely N-dealkylation sites (N-methyl/N-ethyl adjacent to an activating group) is 1. The second kappa shape index (κ2) is 6.97. The number of carbonyl (C=O) groups excluding carboxylic acids is 1. The number of amides is 1. The zero-order valence-electron chi connectivity index (χ0n) is 14.1. The fourth-order valence-electron chi connectivity index (χ4n) is 3.09. The normalized spacial score (nSPS) is 17.5. The Labute approximate surface area is 142 Å². The summed E-state index contributed by atoms with van der Waals surface area (Å²) >= 11 is 0. The number of nitrogens with zero attached hydrogens (tertiary/aromatic N) is 4. The highest BCUT2D eigenvalue weighted by Crippen LogP contribution is 2.19. The number of aryl methyl sites for hydroxylation is 1. The van der Waals surface area contributed by atoms with Crippen LogP contribution in [0.4, 0.5) is 5.82 Å². The average Bonchev–Trinajstić information content (AvgIpc) is 3.04. The number of nitrogens with two attached hydrogens (primary N) is 1. The monoisotopic (exact) mass is 325 g/mol. The highest BCUT2D eigenvalue weighted by molar-refractivity contribution is 5.94. The molecule has 0 spiro atoms. The standard InChI is InChI=1S/C18H23N5O/c1-13-4-3-5-14(10-13)18(24)23-9-7-15(11-23)22(2)12-17-20-8-6-16(19)21-17/h3-6,8,10,15H,7,9,11-12H2,1-2H3,(H2,19,20,21). The second-order valence-electron chi connectivity index (χ2n) is 6.38. The van der Waals surface area contributed by atoms with Crippen molar-refractivity contribution in [1.29, 1.82) is 0 Å². The van der Waals surface area contributed by atoms with E-state index in [9.17, 15) is 4.79 Å². The lowest BCUT2D eigenvalue weighted by Gasteiger charge is -2.24. The molecule has 2 N–H and O–H groups in total. The van der Waals surface area contributed by atoms with Gasteiger partial charge in [-0.1, -0.05) is 17.7 Å². The van der Waals surface area contributed by atoms with Crippen molar-refractivity contribution < 1.29 is 4.79 Å². The Hall–Kier alpha value is -2.47. The molecule has 2 aromatic rings. The minimum atomic E-state index is 0.106. The highest BCUT2D eigenvalue weighted by Gasteiger charge is 2.29. The quantitative estimate of drug-likeness (QED) is 0.926. The topological polar surface area (TPSA) is 75.4 Å². The van der Waals surface area contributed by atoms with Crippen LogP contribution in [0.15, 0.2) is 36.5 Å². The molecule has 3 rings (SSSR count). The van der Waals surface area contributed by atoms with Crippen LogP contribution in [0.3, 0.4) is 0 Å². The van der Waals surface area contributed by atoms with E-state index in [0.717, 1.165) is 30.6 Å². The van der Waals surface area contributed by atoms with Crippen LogP contribution in [0.5, 0.6) is 0 Å². The van der Waals surface area contributed by atoms with E-state index in [0.29, 0.717) is 24.2 Å². The van der Waals surface area contributed by atoms with E-state index in [4.69, 9.17) is 5.73 Å². The van der Waals surface area contributed by atoms with Crippen LogP contribution in [0.25, 0.3) is 0 Å². The molecule has 1 unspecified atom stereocenters. The van der Waals surface area contributed by atoms with Gasteiger partial charge >= 0.3 is 0 Å². The van der Waals surface area contributed by atoms with Crippen LogP contribution in [0.2, 0.25) is 0 Å². The van der Waals surface area contributed by atoms with Gasteiger partial charge in [0.15, 0.2) is 0 Å². The molecule has 1 aromatic heterocycles. The van der Waals surface area contributed by atoms with Crippen molar-refractivity contribution in [3.63, 3.8) is 0 Å². The average molecular weight is 325 g/mol. The van der Waals surface area contributed by atoms with Crippen molar-refractivity contribution in [2.24, 2.45) is 0 Å². The van der Waals surface area contributed by atoms with E-state index in [1.165, 1.54) is 0 Å². The summed E-state index contributed by atoms with van der Waals surface area (Å²) in [5.74, 6) is 1.30. The molecule has 0 aliphatic carbocycles. The van der Waals surface area contributed by atoms with Crippen molar-refractivity contribution in [1.82, 2.24) is 19.8 Å². The molecule has 1 atom stereocenters. The van der Waals surface area contributed by atoms with Crippen LogP contribution in [-0.2, 0) is 6.54 Å². The number of aromatic nitrogens is 2. The first-order chi connectivity index (χ1) is 11.5. The van der Waals surface area contributed by atoms with Crippen molar-refractivity contribution in [3.05, 3.63) is 53.5 Å². The summed E-state index contributed by atoms with van der Waals surface area (Å²) in [6.07, 6.45) is 2.63. The van der Waals surface area contributed by atoms with Crippen LogP contribution in [0.1, 0.15) is 28.2 Å². The molecular formula is C18H23N5O. The number of nitrogen functional groups attached to an aromatic ring is 1. The maximum Gasteiger partial charge on any atom is 0.253 e. The van der Waals surface area contributed by atoms with Gasteiger partial charge in [0.2, 0.25) is 0 Å². The SMILES string of the molecule is Cc1cccc(C(=O)N2CCC(N(C)Cc3nccc(N)n3)C2)c1. The molecule has 1 saturated heterocycles. The summed E-state index contributed by atoms with van der Waals surface area (Å²) in [4.78, 5) is 25.2. The summed E-state index contributed by atoms with van der Waals surface area (Å²) < 4.78 is 0. The third-order valence-corrected chi connectivity index (χ3v) is 4.46. The Balaban J connectivity index is 1.61. The number of benzene rings is 1. The first kappa shape index (κ1) is 16.4. The summed E-state index contributed by atoms with van der Waals surface area (Å²) in [6, 6.07) is 9.75. The molecule has 1 aliphatic rings. The predicted molar refractivity (Wildman–Crippen MR) is 93.4 cm³/mol. The van der Waals surface area contributed by atoms with Crippen molar-refractivity contribution >= 4 is 11.7 Å². The van der Waals surface area contributed by atoms with E-state index in [2.05, 4.69) is 14.9 Å². The Morgan fingerprint density at radius 3 is 3.00 bits per heavy atom. The molecule has 6 heteroatoms. The van der Waals surface area contributed by atoms with Gasteiger partial charge in [-0.3, -0.25) is 9.69 Å². The smallest absolute Gasteiger partial charge is 0.253 e. The van der Waals surface area contributed by atoms with Crippen molar-refractivity contribution in [3.8, 4) is 0 Å². The number of carbonyl (C=O) groups is 1. The molecule has 0 radical (unpaired) electrons. The van der Waals surface area contributed by atoms with E-state index in [1.54, 1.807) is 12.3 Å². The van der Waals surface area contributed by atoms with Crippen LogP contribution >= 0.6 is 0 Å². The number of anilines is 1. The second-order valence-corrected chi connectivity index (χ2v) is 6.38. The molecule has 1 aromatic carbocycles. The van der Waals surface area contributed by atoms with Gasteiger partial charge in [-0.25, -0.2) is 9.97 Å². The van der Waals surface area contributed by atoms with Gasteiger partial charge in [0, 0.05) is 30.9 Å². The zero-order chi connectivity index (χ0) is 17.1. The lowest BCUT2D eigenvalue weighted by molar-refractivity contribution is 0.0779. The molecule has 1 fully saturated rings. The largest absolute Gasteiger partial charge is 0.384 e. The molecule has 2 heterocycles. The molecule has 1 amide bonds. The van der Waals surface area contributed by atoms with E-state index >= 15 is 0 Å². The lowest BCUT2D eigenvalue weighted by Crippen LogP contribution is -2.36. The van der Waals surface area contributed by atoms with E-state index < -0.39 is 0 Å². The molecule has 126 valence electrons. The van der Waals surface area contributed by atoms with Crippen LogP contribution in [0, 0.1) is 6.92 Å². The van der Waals surface area contributed by atoms with Gasteiger partial charge in [-0.2, -0.15) is 0 Å². The van der Waals surface area contributed by atoms with Crippen LogP contribution in [-0.4, -0.2) is 51.9 Å². The van der Waals surface area contributed by atoms with Gasteiger partial charge in [0.25, 0.3) is 5.91 Å². The summed E-state index contributed by atoms with van der Waals surface area (Å²) in [7, 11) is 2.04. The number of hydrogen-bond donors (Lipinski definition) is 1. The van der Waals surface area contributed by atoms with Crippen molar-refractivity contribution in [2.45, 2.75) is 25.9 Å². The first-order valence-electron chi connectivity index (χ1n) is 8.16. The van der Waals surface area contributed by atoms with Crippen LogP contribution < -0.4 is 5.73 Å². The van der Waals surface area contributed by atoms with Gasteiger partial charge in [-0.15, -0.1) is 0 Å². The summed E-state index contributed by atoms with van der Waals surface area (Å²) in [5, 5.41) is 0. The molecule has 0 saturated carbocycles. The maximum absolute atomic E-state index is 12.6. The first-order valence-corrected chi connectivity index (χ1v) is 8.16. The molecule has 0 bridgehead atoms. The third-order valence-electron chi connectivity index (χ3n) is 4.46. The third kappa shape index (κ3) is 3.71. The number of hydrogen-bond acceptors (Lipinski definition) is 5. The van der Waals surface area contributed by atoms with E-state index in [-0.39, 0.29) is 5.91 Å². The number of rotatable bonds is 4. The Morgan fingerprint density at radius 1 is 1.42 bits per heavy atom. The molecular weight excluding hydrogens is 302 g/mol. The van der Waals surface area contributed by atoms with Gasteiger partial charge in [-0.05, 0) is 38.6 Å². The number of likely N-dealkylation sites (tertiary alicyclic amines) is 1. The summed E-state index contributed by atoms with van der Waals surface area (Å²) in [6.45, 7) is 4.14. The van der Waals surface area contributed by atoms with Gasteiger partial charge in [0.05, 0.1) is 6.54 Å². The lowest BCUT2D eigenvalue weighted by atomic mass is 10.1.